The van der Waals surface area contributed by atoms with Crippen LogP contribution in [0.3, 0.4) is 0 Å². The molecule has 0 bridgehead atoms. The van der Waals surface area contributed by atoms with E-state index in [-0.39, 0.29) is 24.8 Å². The second-order valence-corrected chi connectivity index (χ2v) is 10.4. The third-order valence-corrected chi connectivity index (χ3v) is 6.39. The molecule has 2 N–H and O–H groups in total. The summed E-state index contributed by atoms with van der Waals surface area (Å²) in [6.45, 7) is 9.25. The Hall–Kier alpha value is -4.02. The molecular formula is C27H33N5O6. The number of piperidine rings is 1. The largest absolute Gasteiger partial charge is 0.493 e. The molecule has 5 rings (SSSR count). The molecule has 38 heavy (non-hydrogen) atoms. The van der Waals surface area contributed by atoms with Crippen molar-refractivity contribution in [2.45, 2.75) is 58.6 Å². The maximum atomic E-state index is 13.3. The number of hydrogen-bond donors (Lipinski definition) is 2. The molecule has 2 amide bonds. The molecule has 4 heterocycles. The SMILES string of the molecule is CCCOc1ccc2c(c1-c1ncnc3c(C(=O)NC4CCN(C(=O)OC(C)(C)C)CC4)c[nH]c13)OCO2. The van der Waals surface area contributed by atoms with E-state index in [2.05, 4.69) is 20.3 Å². The molecule has 1 saturated heterocycles. The molecule has 2 aliphatic rings. The topological polar surface area (TPSA) is 128 Å². The zero-order chi connectivity index (χ0) is 26.9. The summed E-state index contributed by atoms with van der Waals surface area (Å²) in [7, 11) is 0. The highest BCUT2D eigenvalue weighted by atomic mass is 16.7. The van der Waals surface area contributed by atoms with E-state index in [9.17, 15) is 9.59 Å². The maximum Gasteiger partial charge on any atom is 0.410 e. The highest BCUT2D eigenvalue weighted by Crippen LogP contribution is 2.47. The first-order valence-corrected chi connectivity index (χ1v) is 12.9. The number of hydrogen-bond acceptors (Lipinski definition) is 8. The molecule has 202 valence electrons. The molecule has 3 aromatic rings. The van der Waals surface area contributed by atoms with Gasteiger partial charge in [-0.05, 0) is 52.2 Å². The summed E-state index contributed by atoms with van der Waals surface area (Å²) >= 11 is 0. The average molecular weight is 524 g/mol. The van der Waals surface area contributed by atoms with Crippen molar-refractivity contribution in [1.82, 2.24) is 25.2 Å². The van der Waals surface area contributed by atoms with E-state index >= 15 is 0 Å². The molecule has 11 heteroatoms. The number of fused-ring (bicyclic) bond motifs is 2. The van der Waals surface area contributed by atoms with Gasteiger partial charge >= 0.3 is 6.09 Å². The number of aromatic nitrogens is 3. The molecule has 1 fully saturated rings. The second-order valence-electron chi connectivity index (χ2n) is 10.4. The van der Waals surface area contributed by atoms with Gasteiger partial charge in [0, 0.05) is 25.3 Å². The van der Waals surface area contributed by atoms with Crippen molar-refractivity contribution in [2.75, 3.05) is 26.5 Å². The smallest absolute Gasteiger partial charge is 0.410 e. The van der Waals surface area contributed by atoms with E-state index in [1.807, 2.05) is 39.8 Å². The summed E-state index contributed by atoms with van der Waals surface area (Å²) in [6.07, 6.45) is 4.86. The number of rotatable bonds is 6. The van der Waals surface area contributed by atoms with Gasteiger partial charge in [-0.25, -0.2) is 14.8 Å². The summed E-state index contributed by atoms with van der Waals surface area (Å²) in [5.41, 5.74) is 2.19. The quantitative estimate of drug-likeness (QED) is 0.490. The standard InChI is InChI=1S/C27H33N5O6/c1-5-12-35-18-6-7-19-24(37-15-36-19)20(18)22-23-21(29-14-30-22)17(13-28-23)25(33)31-16-8-10-32(11-9-16)26(34)38-27(2,3)4/h6-7,13-14,16,28H,5,8-12,15H2,1-4H3,(H,31,33). The Kier molecular flexibility index (Phi) is 7.00. The number of H-pyrrole nitrogens is 1. The van der Waals surface area contributed by atoms with Crippen LogP contribution >= 0.6 is 0 Å². The third-order valence-electron chi connectivity index (χ3n) is 6.39. The Bertz CT molecular complexity index is 1340. The first kappa shape index (κ1) is 25.6. The number of ether oxygens (including phenoxy) is 4. The van der Waals surface area contributed by atoms with Crippen LogP contribution in [0.25, 0.3) is 22.3 Å². The van der Waals surface area contributed by atoms with Crippen molar-refractivity contribution in [1.29, 1.82) is 0 Å². The lowest BCUT2D eigenvalue weighted by atomic mass is 10.0. The first-order chi connectivity index (χ1) is 18.2. The van der Waals surface area contributed by atoms with Crippen molar-refractivity contribution in [3.8, 4) is 28.5 Å². The molecule has 2 aromatic heterocycles. The average Bonchev–Trinajstić information content (AvgIpc) is 3.54. The molecule has 11 nitrogen and oxygen atoms in total. The van der Waals surface area contributed by atoms with E-state index in [0.717, 1.165) is 6.42 Å². The lowest BCUT2D eigenvalue weighted by Gasteiger charge is -2.33. The minimum Gasteiger partial charge on any atom is -0.493 e. The predicted molar refractivity (Wildman–Crippen MR) is 140 cm³/mol. The van der Waals surface area contributed by atoms with Gasteiger partial charge in [0.15, 0.2) is 11.5 Å². The number of amides is 2. The fourth-order valence-electron chi connectivity index (χ4n) is 4.61. The van der Waals surface area contributed by atoms with E-state index < -0.39 is 5.60 Å². The Labute approximate surface area is 220 Å². The number of carbonyl (C=O) groups excluding carboxylic acids is 2. The number of nitrogens with one attached hydrogen (secondary N) is 2. The number of carbonyl (C=O) groups is 2. The number of benzene rings is 1. The van der Waals surface area contributed by atoms with Gasteiger partial charge in [-0.3, -0.25) is 4.79 Å². The minimum absolute atomic E-state index is 0.0653. The maximum absolute atomic E-state index is 13.3. The molecule has 0 spiro atoms. The van der Waals surface area contributed by atoms with Crippen LogP contribution in [0.2, 0.25) is 0 Å². The van der Waals surface area contributed by atoms with Gasteiger partial charge in [0.25, 0.3) is 5.91 Å². The number of nitrogens with zero attached hydrogens (tertiary/aromatic N) is 3. The molecule has 0 aliphatic carbocycles. The van der Waals surface area contributed by atoms with Gasteiger partial charge in [-0.15, -0.1) is 0 Å². The molecule has 0 saturated carbocycles. The number of likely N-dealkylation sites (tertiary alicyclic amines) is 1. The van der Waals surface area contributed by atoms with E-state index in [4.69, 9.17) is 18.9 Å². The van der Waals surface area contributed by atoms with E-state index in [1.54, 1.807) is 11.1 Å². The summed E-state index contributed by atoms with van der Waals surface area (Å²) in [5.74, 6) is 1.54. The normalized spacial score (nSPS) is 15.5. The fourth-order valence-corrected chi connectivity index (χ4v) is 4.61. The third kappa shape index (κ3) is 5.18. The van der Waals surface area contributed by atoms with Crippen LogP contribution in [-0.4, -0.2) is 70.0 Å². The molecule has 0 atom stereocenters. The second kappa shape index (κ2) is 10.4. The fraction of sp³-hybridized carbons (Fsp3) is 0.481. The summed E-state index contributed by atoms with van der Waals surface area (Å²) in [5, 5.41) is 3.09. The Morgan fingerprint density at radius 1 is 1.18 bits per heavy atom. The first-order valence-electron chi connectivity index (χ1n) is 12.9. The van der Waals surface area contributed by atoms with Crippen molar-refractivity contribution < 1.29 is 28.5 Å². The summed E-state index contributed by atoms with van der Waals surface area (Å²) in [6, 6.07) is 3.59. The monoisotopic (exact) mass is 523 g/mol. The van der Waals surface area contributed by atoms with Gasteiger partial charge in [-0.1, -0.05) is 6.92 Å². The van der Waals surface area contributed by atoms with Crippen molar-refractivity contribution in [2.24, 2.45) is 0 Å². The van der Waals surface area contributed by atoms with Crippen LogP contribution in [-0.2, 0) is 4.74 Å². The molecular weight excluding hydrogens is 490 g/mol. The zero-order valence-corrected chi connectivity index (χ0v) is 22.1. The van der Waals surface area contributed by atoms with Crippen molar-refractivity contribution in [3.05, 3.63) is 30.2 Å². The Balaban J connectivity index is 1.35. The van der Waals surface area contributed by atoms with Crippen LogP contribution in [0.1, 0.15) is 57.3 Å². The van der Waals surface area contributed by atoms with Crippen LogP contribution in [0.5, 0.6) is 17.2 Å². The van der Waals surface area contributed by atoms with Gasteiger partial charge < -0.3 is 34.1 Å². The summed E-state index contributed by atoms with van der Waals surface area (Å²) in [4.78, 5) is 39.4. The molecule has 0 unspecified atom stereocenters. The van der Waals surface area contributed by atoms with E-state index in [0.29, 0.717) is 77.6 Å². The zero-order valence-electron chi connectivity index (χ0n) is 22.1. The lowest BCUT2D eigenvalue weighted by Crippen LogP contribution is -2.47. The summed E-state index contributed by atoms with van der Waals surface area (Å²) < 4.78 is 22.8. The molecule has 2 aliphatic heterocycles. The van der Waals surface area contributed by atoms with Gasteiger partial charge in [0.1, 0.15) is 28.9 Å². The van der Waals surface area contributed by atoms with Crippen LogP contribution in [0.15, 0.2) is 24.7 Å². The van der Waals surface area contributed by atoms with Crippen LogP contribution in [0.4, 0.5) is 4.79 Å². The van der Waals surface area contributed by atoms with Crippen molar-refractivity contribution >= 4 is 23.0 Å². The number of aromatic amines is 1. The Morgan fingerprint density at radius 2 is 1.97 bits per heavy atom. The predicted octanol–water partition coefficient (Wildman–Crippen LogP) is 4.27. The highest BCUT2D eigenvalue weighted by molar-refractivity contribution is 6.08. The van der Waals surface area contributed by atoms with Gasteiger partial charge in [0.05, 0.1) is 23.3 Å². The van der Waals surface area contributed by atoms with E-state index in [1.165, 1.54) is 6.33 Å². The van der Waals surface area contributed by atoms with Gasteiger partial charge in [0.2, 0.25) is 6.79 Å². The van der Waals surface area contributed by atoms with Gasteiger partial charge in [-0.2, -0.15) is 0 Å². The van der Waals surface area contributed by atoms with Crippen LogP contribution in [0, 0.1) is 0 Å². The lowest BCUT2D eigenvalue weighted by molar-refractivity contribution is 0.0199. The Morgan fingerprint density at radius 3 is 2.71 bits per heavy atom. The van der Waals surface area contributed by atoms with Crippen molar-refractivity contribution in [3.63, 3.8) is 0 Å². The minimum atomic E-state index is -0.542. The molecule has 0 radical (unpaired) electrons. The van der Waals surface area contributed by atoms with Crippen LogP contribution < -0.4 is 19.5 Å². The molecule has 1 aromatic carbocycles. The highest BCUT2D eigenvalue weighted by Gasteiger charge is 2.30.